The molecule has 0 bridgehead atoms. The van der Waals surface area contributed by atoms with Crippen molar-refractivity contribution in [3.05, 3.63) is 71.0 Å². The summed E-state index contributed by atoms with van der Waals surface area (Å²) in [6.45, 7) is 1.76. The zero-order chi connectivity index (χ0) is 23.2. The van der Waals surface area contributed by atoms with Gasteiger partial charge in [-0.15, -0.1) is 5.10 Å². The van der Waals surface area contributed by atoms with Crippen molar-refractivity contribution in [1.29, 1.82) is 0 Å². The predicted molar refractivity (Wildman–Crippen MR) is 126 cm³/mol. The molecule has 3 atom stereocenters. The van der Waals surface area contributed by atoms with E-state index in [1.54, 1.807) is 17.7 Å². The van der Waals surface area contributed by atoms with E-state index in [9.17, 15) is 9.59 Å². The number of carbonyl (C=O) groups excluding carboxylic acids is 2. The van der Waals surface area contributed by atoms with E-state index in [-0.39, 0.29) is 24.0 Å². The summed E-state index contributed by atoms with van der Waals surface area (Å²) in [6, 6.07) is 15.3. The van der Waals surface area contributed by atoms with Crippen LogP contribution >= 0.6 is 11.6 Å². The van der Waals surface area contributed by atoms with Crippen LogP contribution in [0, 0.1) is 5.92 Å². The molecule has 0 aliphatic heterocycles. The number of aryl methyl sites for hydroxylation is 1. The largest absolute Gasteiger partial charge is 0.346 e. The van der Waals surface area contributed by atoms with E-state index in [1.807, 2.05) is 30.3 Å². The molecule has 1 fully saturated rings. The molecular formula is C25H28ClN5O2. The minimum atomic E-state index is -0.537. The molecule has 1 heterocycles. The summed E-state index contributed by atoms with van der Waals surface area (Å²) in [6.07, 6.45) is 6.09. The van der Waals surface area contributed by atoms with Crippen molar-refractivity contribution < 1.29 is 9.59 Å². The van der Waals surface area contributed by atoms with E-state index in [2.05, 4.69) is 33.0 Å². The van der Waals surface area contributed by atoms with Crippen LogP contribution in [0.3, 0.4) is 0 Å². The number of carbonyl (C=O) groups is 2. The van der Waals surface area contributed by atoms with Crippen LogP contribution in [-0.4, -0.2) is 37.9 Å². The Kier molecular flexibility index (Phi) is 7.50. The van der Waals surface area contributed by atoms with Gasteiger partial charge in [0.1, 0.15) is 6.33 Å². The number of aromatic nitrogens is 4. The van der Waals surface area contributed by atoms with Crippen molar-refractivity contribution in [3.8, 4) is 5.69 Å². The van der Waals surface area contributed by atoms with Gasteiger partial charge in [0.05, 0.1) is 11.7 Å². The van der Waals surface area contributed by atoms with E-state index < -0.39 is 6.04 Å². The first-order chi connectivity index (χ1) is 16.0. The molecule has 4 rings (SSSR count). The molecule has 0 unspecified atom stereocenters. The second kappa shape index (κ2) is 10.7. The molecule has 1 aliphatic rings. The number of hydrogen-bond donors (Lipinski definition) is 1. The third-order valence-electron chi connectivity index (χ3n) is 6.44. The SMILES string of the molecule is C[C@H](NC(=O)[C@@H]1CCC[C@H](c2ccccc2)C1)C(=O)CCc1cc(Cl)ccc1-n1cnnn1. The average Bonchev–Trinajstić information content (AvgIpc) is 3.38. The van der Waals surface area contributed by atoms with E-state index in [4.69, 9.17) is 11.6 Å². The maximum atomic E-state index is 12.9. The van der Waals surface area contributed by atoms with Gasteiger partial charge in [-0.1, -0.05) is 48.4 Å². The lowest BCUT2D eigenvalue weighted by Crippen LogP contribution is -2.42. The molecule has 33 heavy (non-hydrogen) atoms. The average molecular weight is 466 g/mol. The summed E-state index contributed by atoms with van der Waals surface area (Å²) in [5, 5.41) is 14.8. The number of rotatable bonds is 8. The molecule has 1 amide bonds. The number of amides is 1. The molecule has 7 nitrogen and oxygen atoms in total. The topological polar surface area (TPSA) is 89.8 Å². The summed E-state index contributed by atoms with van der Waals surface area (Å²) in [4.78, 5) is 25.7. The third-order valence-corrected chi connectivity index (χ3v) is 6.67. The Morgan fingerprint density at radius 3 is 2.76 bits per heavy atom. The highest BCUT2D eigenvalue weighted by Crippen LogP contribution is 2.36. The van der Waals surface area contributed by atoms with Crippen LogP contribution in [0.5, 0.6) is 0 Å². The molecule has 0 spiro atoms. The number of nitrogens with one attached hydrogen (secondary N) is 1. The van der Waals surface area contributed by atoms with Gasteiger partial charge in [0.2, 0.25) is 5.91 Å². The van der Waals surface area contributed by atoms with Crippen molar-refractivity contribution in [1.82, 2.24) is 25.5 Å². The molecule has 8 heteroatoms. The molecule has 172 valence electrons. The molecule has 1 N–H and O–H groups in total. The Morgan fingerprint density at radius 2 is 2.00 bits per heavy atom. The van der Waals surface area contributed by atoms with Gasteiger partial charge in [-0.2, -0.15) is 0 Å². The maximum absolute atomic E-state index is 12.9. The van der Waals surface area contributed by atoms with E-state index in [0.717, 1.165) is 36.9 Å². The molecule has 1 aromatic heterocycles. The lowest BCUT2D eigenvalue weighted by Gasteiger charge is -2.29. The second-order valence-electron chi connectivity index (χ2n) is 8.70. The molecule has 3 aromatic rings. The van der Waals surface area contributed by atoms with Crippen molar-refractivity contribution in [2.45, 2.75) is 57.4 Å². The molecule has 2 aromatic carbocycles. The summed E-state index contributed by atoms with van der Waals surface area (Å²) < 4.78 is 1.55. The Hall–Kier alpha value is -3.06. The van der Waals surface area contributed by atoms with Gasteiger partial charge in [0.25, 0.3) is 0 Å². The Bertz CT molecular complexity index is 1090. The smallest absolute Gasteiger partial charge is 0.223 e. The van der Waals surface area contributed by atoms with Crippen molar-refractivity contribution >= 4 is 23.3 Å². The highest BCUT2D eigenvalue weighted by molar-refractivity contribution is 6.30. The van der Waals surface area contributed by atoms with Gasteiger partial charge < -0.3 is 5.32 Å². The van der Waals surface area contributed by atoms with Crippen molar-refractivity contribution in [2.24, 2.45) is 5.92 Å². The lowest BCUT2D eigenvalue weighted by molar-refractivity contribution is -0.130. The van der Waals surface area contributed by atoms with Gasteiger partial charge in [-0.3, -0.25) is 9.59 Å². The Balaban J connectivity index is 1.33. The maximum Gasteiger partial charge on any atom is 0.223 e. The fourth-order valence-corrected chi connectivity index (χ4v) is 4.79. The Morgan fingerprint density at radius 1 is 1.18 bits per heavy atom. The third kappa shape index (κ3) is 5.85. The highest BCUT2D eigenvalue weighted by atomic mass is 35.5. The number of nitrogens with zero attached hydrogens (tertiary/aromatic N) is 4. The van der Waals surface area contributed by atoms with E-state index in [1.165, 1.54) is 11.9 Å². The van der Waals surface area contributed by atoms with Crippen LogP contribution in [0.1, 0.15) is 56.1 Å². The Labute approximate surface area is 198 Å². The summed E-state index contributed by atoms with van der Waals surface area (Å²) >= 11 is 6.16. The lowest BCUT2D eigenvalue weighted by atomic mass is 9.77. The van der Waals surface area contributed by atoms with E-state index in [0.29, 0.717) is 17.4 Å². The summed E-state index contributed by atoms with van der Waals surface area (Å²) in [7, 11) is 0. The van der Waals surface area contributed by atoms with Gasteiger partial charge >= 0.3 is 0 Å². The fraction of sp³-hybridized carbons (Fsp3) is 0.400. The van der Waals surface area contributed by atoms with E-state index >= 15 is 0 Å². The van der Waals surface area contributed by atoms with Gasteiger partial charge in [0.15, 0.2) is 5.78 Å². The monoisotopic (exact) mass is 465 g/mol. The molecule has 1 saturated carbocycles. The standard InChI is InChI=1S/C25H28ClN5O2/c1-17(28-25(33)21-9-5-8-19(14-21)18-6-3-2-4-7-18)24(32)13-10-20-15-22(26)11-12-23(20)31-16-27-29-30-31/h2-4,6-7,11-12,15-17,19,21H,5,8-10,13-14H2,1H3,(H,28,33)/t17-,19-,21+/m0/s1. The number of hydrogen-bond acceptors (Lipinski definition) is 5. The van der Waals surface area contributed by atoms with Crippen LogP contribution in [0.2, 0.25) is 5.02 Å². The first-order valence-corrected chi connectivity index (χ1v) is 11.8. The number of Topliss-reactive ketones (excluding diaryl/α,β-unsaturated/α-hetero) is 1. The highest BCUT2D eigenvalue weighted by Gasteiger charge is 2.29. The van der Waals surface area contributed by atoms with Crippen molar-refractivity contribution in [3.63, 3.8) is 0 Å². The normalized spacial score (nSPS) is 19.1. The van der Waals surface area contributed by atoms with Crippen LogP contribution < -0.4 is 5.32 Å². The minimum Gasteiger partial charge on any atom is -0.346 e. The van der Waals surface area contributed by atoms with Crippen molar-refractivity contribution in [2.75, 3.05) is 0 Å². The molecule has 1 aliphatic carbocycles. The van der Waals surface area contributed by atoms with Crippen LogP contribution in [0.15, 0.2) is 54.9 Å². The fourth-order valence-electron chi connectivity index (χ4n) is 4.59. The van der Waals surface area contributed by atoms with Crippen LogP contribution in [0.4, 0.5) is 0 Å². The van der Waals surface area contributed by atoms with Gasteiger partial charge in [-0.25, -0.2) is 4.68 Å². The molecule has 0 radical (unpaired) electrons. The number of halogens is 1. The first-order valence-electron chi connectivity index (χ1n) is 11.4. The first kappa shape index (κ1) is 23.1. The van der Waals surface area contributed by atoms with Gasteiger partial charge in [0, 0.05) is 17.4 Å². The number of ketones is 1. The zero-order valence-corrected chi connectivity index (χ0v) is 19.4. The summed E-state index contributed by atoms with van der Waals surface area (Å²) in [5.41, 5.74) is 2.95. The summed E-state index contributed by atoms with van der Waals surface area (Å²) in [5.74, 6) is 0.308. The second-order valence-corrected chi connectivity index (χ2v) is 9.13. The number of benzene rings is 2. The number of tetrazole rings is 1. The van der Waals surface area contributed by atoms with Crippen LogP contribution in [0.25, 0.3) is 5.69 Å². The van der Waals surface area contributed by atoms with Gasteiger partial charge in [-0.05, 0) is 78.3 Å². The quantitative estimate of drug-likeness (QED) is 0.535. The predicted octanol–water partition coefficient (Wildman–Crippen LogP) is 4.30. The zero-order valence-electron chi connectivity index (χ0n) is 18.7. The minimum absolute atomic E-state index is 0.0126. The van der Waals surface area contributed by atoms with Crippen LogP contribution in [-0.2, 0) is 16.0 Å². The molecular weight excluding hydrogens is 438 g/mol. The molecule has 0 saturated heterocycles.